The normalized spacial score (nSPS) is 16.8. The third-order valence-electron chi connectivity index (χ3n) is 4.82. The van der Waals surface area contributed by atoms with Gasteiger partial charge in [0.2, 0.25) is 0 Å². The number of hydrogen-bond donors (Lipinski definition) is 1. The first-order valence-electron chi connectivity index (χ1n) is 9.48. The van der Waals surface area contributed by atoms with Crippen molar-refractivity contribution in [3.63, 3.8) is 0 Å². The second kappa shape index (κ2) is 9.37. The van der Waals surface area contributed by atoms with E-state index in [-0.39, 0.29) is 11.9 Å². The average Bonchev–Trinajstić information content (AvgIpc) is 2.74. The van der Waals surface area contributed by atoms with Crippen LogP contribution in [0.5, 0.6) is 11.5 Å². The molecular weight excluding hydrogens is 342 g/mol. The van der Waals surface area contributed by atoms with Crippen molar-refractivity contribution in [2.45, 2.75) is 31.7 Å². The molecule has 1 aliphatic rings. The summed E-state index contributed by atoms with van der Waals surface area (Å²) in [5.41, 5.74) is 7.02. The SMILES string of the molecule is COc1cccc(C(=O)N2CCCC[C@@H]2c2ccccn2)c1OCCCN. The Kier molecular flexibility index (Phi) is 6.65. The monoisotopic (exact) mass is 369 g/mol. The van der Waals surface area contributed by atoms with Crippen LogP contribution in [0.2, 0.25) is 0 Å². The number of hydrogen-bond acceptors (Lipinski definition) is 5. The lowest BCUT2D eigenvalue weighted by atomic mass is 9.97. The molecule has 2 aromatic rings. The first kappa shape index (κ1) is 19.2. The lowest BCUT2D eigenvalue weighted by Gasteiger charge is -2.35. The standard InChI is InChI=1S/C21H27N3O3/c1-26-19-11-6-8-16(20(19)27-15-7-12-22)21(25)24-14-5-3-10-18(24)17-9-2-4-13-23-17/h2,4,6,8-9,11,13,18H,3,5,7,10,12,14-15,22H2,1H3/t18-/m1/s1. The predicted molar refractivity (Wildman–Crippen MR) is 104 cm³/mol. The summed E-state index contributed by atoms with van der Waals surface area (Å²) in [5.74, 6) is 1.00. The van der Waals surface area contributed by atoms with Crippen LogP contribution in [0, 0.1) is 0 Å². The molecule has 1 aromatic heterocycles. The van der Waals surface area contributed by atoms with E-state index in [0.29, 0.717) is 43.2 Å². The van der Waals surface area contributed by atoms with Crippen molar-refractivity contribution < 1.29 is 14.3 Å². The summed E-state index contributed by atoms with van der Waals surface area (Å²) >= 11 is 0. The van der Waals surface area contributed by atoms with E-state index in [1.807, 2.05) is 29.2 Å². The zero-order valence-electron chi connectivity index (χ0n) is 15.8. The smallest absolute Gasteiger partial charge is 0.258 e. The molecular formula is C21H27N3O3. The molecule has 2 N–H and O–H groups in total. The molecule has 0 unspecified atom stereocenters. The highest BCUT2D eigenvalue weighted by molar-refractivity contribution is 5.98. The van der Waals surface area contributed by atoms with Gasteiger partial charge in [0.25, 0.3) is 5.91 Å². The second-order valence-corrected chi connectivity index (χ2v) is 6.59. The molecule has 0 spiro atoms. The lowest BCUT2D eigenvalue weighted by Crippen LogP contribution is -2.39. The van der Waals surface area contributed by atoms with Crippen molar-refractivity contribution in [2.75, 3.05) is 26.8 Å². The number of ether oxygens (including phenoxy) is 2. The number of nitrogens with zero attached hydrogens (tertiary/aromatic N) is 2. The molecule has 0 saturated carbocycles. The number of para-hydroxylation sites is 1. The van der Waals surface area contributed by atoms with Crippen LogP contribution >= 0.6 is 0 Å². The average molecular weight is 369 g/mol. The Morgan fingerprint density at radius 2 is 2.15 bits per heavy atom. The predicted octanol–water partition coefficient (Wildman–Crippen LogP) is 3.19. The third-order valence-corrected chi connectivity index (χ3v) is 4.82. The van der Waals surface area contributed by atoms with Crippen LogP contribution in [0.3, 0.4) is 0 Å². The van der Waals surface area contributed by atoms with Crippen LogP contribution < -0.4 is 15.2 Å². The molecule has 3 rings (SSSR count). The van der Waals surface area contributed by atoms with Gasteiger partial charge in [-0.15, -0.1) is 0 Å². The maximum absolute atomic E-state index is 13.4. The number of carbonyl (C=O) groups is 1. The minimum absolute atomic E-state index is 0.0180. The topological polar surface area (TPSA) is 77.7 Å². The molecule has 1 atom stereocenters. The number of benzene rings is 1. The van der Waals surface area contributed by atoms with Crippen LogP contribution in [0.25, 0.3) is 0 Å². The van der Waals surface area contributed by atoms with E-state index in [1.165, 1.54) is 0 Å². The molecule has 0 bridgehead atoms. The molecule has 1 saturated heterocycles. The molecule has 6 heteroatoms. The highest BCUT2D eigenvalue weighted by atomic mass is 16.5. The summed E-state index contributed by atoms with van der Waals surface area (Å²) in [6.45, 7) is 1.69. The van der Waals surface area contributed by atoms with Crippen LogP contribution in [0.4, 0.5) is 0 Å². The van der Waals surface area contributed by atoms with Crippen molar-refractivity contribution in [3.8, 4) is 11.5 Å². The minimum Gasteiger partial charge on any atom is -0.493 e. The van der Waals surface area contributed by atoms with Crippen molar-refractivity contribution in [2.24, 2.45) is 5.73 Å². The quantitative estimate of drug-likeness (QED) is 0.759. The van der Waals surface area contributed by atoms with Gasteiger partial charge in [-0.05, 0) is 56.5 Å². The number of carbonyl (C=O) groups excluding carboxylic acids is 1. The number of nitrogens with two attached hydrogens (primary N) is 1. The van der Waals surface area contributed by atoms with Gasteiger partial charge in [0.1, 0.15) is 0 Å². The summed E-state index contributed by atoms with van der Waals surface area (Å²) in [6, 6.07) is 11.3. The van der Waals surface area contributed by atoms with Crippen LogP contribution in [0.15, 0.2) is 42.6 Å². The molecule has 1 aromatic carbocycles. The van der Waals surface area contributed by atoms with Crippen molar-refractivity contribution >= 4 is 5.91 Å². The van der Waals surface area contributed by atoms with E-state index in [9.17, 15) is 4.79 Å². The van der Waals surface area contributed by atoms with Crippen LogP contribution in [-0.4, -0.2) is 42.6 Å². The maximum Gasteiger partial charge on any atom is 0.258 e. The Bertz CT molecular complexity index is 752. The van der Waals surface area contributed by atoms with Crippen molar-refractivity contribution in [1.82, 2.24) is 9.88 Å². The zero-order chi connectivity index (χ0) is 19.1. The van der Waals surface area contributed by atoms with E-state index in [0.717, 1.165) is 25.0 Å². The van der Waals surface area contributed by atoms with E-state index in [4.69, 9.17) is 15.2 Å². The van der Waals surface area contributed by atoms with Gasteiger partial charge in [-0.2, -0.15) is 0 Å². The van der Waals surface area contributed by atoms with E-state index >= 15 is 0 Å². The van der Waals surface area contributed by atoms with E-state index in [2.05, 4.69) is 4.98 Å². The maximum atomic E-state index is 13.4. The van der Waals surface area contributed by atoms with Crippen LogP contribution in [0.1, 0.15) is 47.8 Å². The van der Waals surface area contributed by atoms with Crippen molar-refractivity contribution in [3.05, 3.63) is 53.9 Å². The molecule has 27 heavy (non-hydrogen) atoms. The summed E-state index contributed by atoms with van der Waals surface area (Å²) < 4.78 is 11.3. The Morgan fingerprint density at radius 1 is 1.26 bits per heavy atom. The summed E-state index contributed by atoms with van der Waals surface area (Å²) in [7, 11) is 1.58. The molecule has 1 fully saturated rings. The molecule has 0 aliphatic carbocycles. The highest BCUT2D eigenvalue weighted by Gasteiger charge is 2.31. The first-order chi connectivity index (χ1) is 13.3. The summed E-state index contributed by atoms with van der Waals surface area (Å²) in [5, 5.41) is 0. The Labute approximate surface area is 160 Å². The minimum atomic E-state index is -0.0491. The van der Waals surface area contributed by atoms with Crippen LogP contribution in [-0.2, 0) is 0 Å². The van der Waals surface area contributed by atoms with Gasteiger partial charge < -0.3 is 20.1 Å². The number of likely N-dealkylation sites (tertiary alicyclic amines) is 1. The Hall–Kier alpha value is -2.60. The van der Waals surface area contributed by atoms with Gasteiger partial charge >= 0.3 is 0 Å². The molecule has 6 nitrogen and oxygen atoms in total. The zero-order valence-corrected chi connectivity index (χ0v) is 15.8. The number of amides is 1. The Morgan fingerprint density at radius 3 is 2.89 bits per heavy atom. The molecule has 0 radical (unpaired) electrons. The summed E-state index contributed by atoms with van der Waals surface area (Å²) in [4.78, 5) is 19.8. The number of piperidine rings is 1. The fraction of sp³-hybridized carbons (Fsp3) is 0.429. The number of methoxy groups -OCH3 is 1. The van der Waals surface area contributed by atoms with Gasteiger partial charge in [-0.3, -0.25) is 9.78 Å². The fourth-order valence-corrected chi connectivity index (χ4v) is 3.46. The molecule has 1 amide bonds. The van der Waals surface area contributed by atoms with E-state index < -0.39 is 0 Å². The van der Waals surface area contributed by atoms with Gasteiger partial charge in [-0.25, -0.2) is 0 Å². The first-order valence-corrected chi connectivity index (χ1v) is 9.48. The number of aromatic nitrogens is 1. The number of pyridine rings is 1. The van der Waals surface area contributed by atoms with E-state index in [1.54, 1.807) is 25.4 Å². The van der Waals surface area contributed by atoms with Gasteiger partial charge in [0.05, 0.1) is 31.0 Å². The summed E-state index contributed by atoms with van der Waals surface area (Å²) in [6.07, 6.45) is 5.48. The number of rotatable bonds is 7. The fourth-order valence-electron chi connectivity index (χ4n) is 3.46. The third kappa shape index (κ3) is 4.39. The molecule has 2 heterocycles. The molecule has 1 aliphatic heterocycles. The van der Waals surface area contributed by atoms with Crippen molar-refractivity contribution in [1.29, 1.82) is 0 Å². The lowest BCUT2D eigenvalue weighted by molar-refractivity contribution is 0.0601. The largest absolute Gasteiger partial charge is 0.493 e. The van der Waals surface area contributed by atoms with Gasteiger partial charge in [0, 0.05) is 12.7 Å². The molecule has 144 valence electrons. The Balaban J connectivity index is 1.91. The van der Waals surface area contributed by atoms with Gasteiger partial charge in [-0.1, -0.05) is 12.1 Å². The highest BCUT2D eigenvalue weighted by Crippen LogP contribution is 2.36. The van der Waals surface area contributed by atoms with Gasteiger partial charge in [0.15, 0.2) is 11.5 Å². The second-order valence-electron chi connectivity index (χ2n) is 6.59.